The molecule has 2 N–H and O–H groups in total. The predicted molar refractivity (Wildman–Crippen MR) is 79.1 cm³/mol. The summed E-state index contributed by atoms with van der Waals surface area (Å²) in [6.07, 6.45) is 2.47. The molecule has 0 aliphatic carbocycles. The molecule has 1 aliphatic rings. The van der Waals surface area contributed by atoms with Crippen LogP contribution in [0.25, 0.3) is 6.08 Å². The van der Waals surface area contributed by atoms with Gasteiger partial charge in [0.05, 0.1) is 4.88 Å². The number of hydrogen-bond donors (Lipinski definition) is 2. The second kappa shape index (κ2) is 5.69. The van der Waals surface area contributed by atoms with Crippen molar-refractivity contribution in [3.63, 3.8) is 0 Å². The molecule has 0 bridgehead atoms. The molecule has 0 radical (unpaired) electrons. The lowest BCUT2D eigenvalue weighted by Gasteiger charge is -2.40. The maximum Gasteiger partial charge on any atom is 0.328 e. The van der Waals surface area contributed by atoms with Crippen LogP contribution in [-0.4, -0.2) is 46.4 Å². The molecule has 6 nitrogen and oxygen atoms in total. The molecule has 0 aromatic carbocycles. The summed E-state index contributed by atoms with van der Waals surface area (Å²) < 4.78 is 0. The highest BCUT2D eigenvalue weighted by Gasteiger charge is 2.40. The highest BCUT2D eigenvalue weighted by Crippen LogP contribution is 2.25. The van der Waals surface area contributed by atoms with E-state index in [1.807, 2.05) is 0 Å². The van der Waals surface area contributed by atoms with Gasteiger partial charge in [-0.2, -0.15) is 0 Å². The summed E-state index contributed by atoms with van der Waals surface area (Å²) >= 11 is 1.21. The smallest absolute Gasteiger partial charge is 0.328 e. The average molecular weight is 308 g/mol. The van der Waals surface area contributed by atoms with E-state index in [9.17, 15) is 14.4 Å². The molecule has 0 saturated carbocycles. The zero-order valence-corrected chi connectivity index (χ0v) is 12.6. The lowest BCUT2D eigenvalue weighted by molar-refractivity contribution is -0.133. The molecular weight excluding hydrogens is 292 g/mol. The normalized spacial score (nSPS) is 17.8. The SMILES string of the molecule is CC1(C)C(=O)NCCN1C(=O)c1ccc(C=CC(=O)O)s1. The summed E-state index contributed by atoms with van der Waals surface area (Å²) in [6.45, 7) is 4.30. The number of carboxylic acid groups (broad SMARTS) is 1. The van der Waals surface area contributed by atoms with Gasteiger partial charge in [0.15, 0.2) is 0 Å². The van der Waals surface area contributed by atoms with E-state index in [1.165, 1.54) is 17.4 Å². The van der Waals surface area contributed by atoms with Gasteiger partial charge in [0.1, 0.15) is 5.54 Å². The van der Waals surface area contributed by atoms with E-state index in [-0.39, 0.29) is 11.8 Å². The van der Waals surface area contributed by atoms with Crippen molar-refractivity contribution in [1.82, 2.24) is 10.2 Å². The van der Waals surface area contributed by atoms with Crippen LogP contribution in [0.1, 0.15) is 28.4 Å². The van der Waals surface area contributed by atoms with Gasteiger partial charge in [0, 0.05) is 24.0 Å². The molecule has 0 spiro atoms. The summed E-state index contributed by atoms with van der Waals surface area (Å²) in [5.74, 6) is -1.43. The van der Waals surface area contributed by atoms with E-state index in [0.717, 1.165) is 6.08 Å². The van der Waals surface area contributed by atoms with Crippen LogP contribution in [0.15, 0.2) is 18.2 Å². The Bertz CT molecular complexity index is 618. The van der Waals surface area contributed by atoms with Gasteiger partial charge in [-0.05, 0) is 32.1 Å². The van der Waals surface area contributed by atoms with Crippen molar-refractivity contribution in [3.8, 4) is 0 Å². The molecule has 2 amide bonds. The van der Waals surface area contributed by atoms with Crippen molar-refractivity contribution in [2.45, 2.75) is 19.4 Å². The minimum Gasteiger partial charge on any atom is -0.478 e. The van der Waals surface area contributed by atoms with Gasteiger partial charge in [-0.3, -0.25) is 9.59 Å². The van der Waals surface area contributed by atoms with E-state index < -0.39 is 11.5 Å². The third-order valence-corrected chi connectivity index (χ3v) is 4.36. The van der Waals surface area contributed by atoms with Gasteiger partial charge >= 0.3 is 5.97 Å². The van der Waals surface area contributed by atoms with E-state index in [4.69, 9.17) is 5.11 Å². The van der Waals surface area contributed by atoms with Crippen molar-refractivity contribution in [1.29, 1.82) is 0 Å². The number of hydrogen-bond acceptors (Lipinski definition) is 4. The number of carbonyl (C=O) groups excluding carboxylic acids is 2. The van der Waals surface area contributed by atoms with Crippen LogP contribution in [0.5, 0.6) is 0 Å². The van der Waals surface area contributed by atoms with Crippen LogP contribution in [0, 0.1) is 0 Å². The van der Waals surface area contributed by atoms with Crippen molar-refractivity contribution in [2.75, 3.05) is 13.1 Å². The highest BCUT2D eigenvalue weighted by atomic mass is 32.1. The van der Waals surface area contributed by atoms with E-state index >= 15 is 0 Å². The zero-order valence-electron chi connectivity index (χ0n) is 11.8. The molecule has 1 aromatic heterocycles. The first kappa shape index (κ1) is 15.2. The van der Waals surface area contributed by atoms with Crippen LogP contribution >= 0.6 is 11.3 Å². The molecule has 7 heteroatoms. The fraction of sp³-hybridized carbons (Fsp3) is 0.357. The summed E-state index contributed by atoms with van der Waals surface area (Å²) in [7, 11) is 0. The maximum atomic E-state index is 12.5. The second-order valence-electron chi connectivity index (χ2n) is 5.15. The number of nitrogens with one attached hydrogen (secondary N) is 1. The quantitative estimate of drug-likeness (QED) is 0.821. The second-order valence-corrected chi connectivity index (χ2v) is 6.26. The Morgan fingerprint density at radius 1 is 1.43 bits per heavy atom. The predicted octanol–water partition coefficient (Wildman–Crippen LogP) is 1.20. The lowest BCUT2D eigenvalue weighted by atomic mass is 9.98. The fourth-order valence-corrected chi connectivity index (χ4v) is 2.96. The van der Waals surface area contributed by atoms with Crippen molar-refractivity contribution < 1.29 is 19.5 Å². The number of aliphatic carboxylic acids is 1. The molecular formula is C14H16N2O4S. The molecule has 2 rings (SSSR count). The molecule has 2 heterocycles. The van der Waals surface area contributed by atoms with Gasteiger partial charge in [-0.25, -0.2) is 4.79 Å². The summed E-state index contributed by atoms with van der Waals surface area (Å²) in [5.41, 5.74) is -0.892. The van der Waals surface area contributed by atoms with Crippen molar-refractivity contribution in [3.05, 3.63) is 28.0 Å². The molecule has 0 unspecified atom stereocenters. The Balaban J connectivity index is 2.20. The van der Waals surface area contributed by atoms with Crippen LogP contribution in [0.2, 0.25) is 0 Å². The number of thiophene rings is 1. The Morgan fingerprint density at radius 2 is 2.14 bits per heavy atom. The molecule has 1 fully saturated rings. The van der Waals surface area contributed by atoms with Crippen LogP contribution in [0.4, 0.5) is 0 Å². The van der Waals surface area contributed by atoms with Gasteiger partial charge in [-0.1, -0.05) is 0 Å². The van der Waals surface area contributed by atoms with Gasteiger partial charge < -0.3 is 15.3 Å². The van der Waals surface area contributed by atoms with Crippen molar-refractivity contribution >= 4 is 35.2 Å². The summed E-state index contributed by atoms with van der Waals surface area (Å²) in [4.78, 5) is 37.6. The maximum absolute atomic E-state index is 12.5. The molecule has 112 valence electrons. The van der Waals surface area contributed by atoms with Crippen molar-refractivity contribution in [2.24, 2.45) is 0 Å². The Morgan fingerprint density at radius 3 is 2.81 bits per heavy atom. The molecule has 1 saturated heterocycles. The Kier molecular flexibility index (Phi) is 4.13. The average Bonchev–Trinajstić information content (AvgIpc) is 2.87. The largest absolute Gasteiger partial charge is 0.478 e. The minimum absolute atomic E-state index is 0.176. The number of rotatable bonds is 3. The number of amides is 2. The number of carbonyl (C=O) groups is 3. The third-order valence-electron chi connectivity index (χ3n) is 3.32. The highest BCUT2D eigenvalue weighted by molar-refractivity contribution is 7.14. The summed E-state index contributed by atoms with van der Waals surface area (Å²) in [5, 5.41) is 11.3. The lowest BCUT2D eigenvalue weighted by Crippen LogP contribution is -2.63. The van der Waals surface area contributed by atoms with Gasteiger partial charge in [0.25, 0.3) is 5.91 Å². The first-order valence-electron chi connectivity index (χ1n) is 6.43. The molecule has 21 heavy (non-hydrogen) atoms. The minimum atomic E-state index is -1.04. The number of piperazine rings is 1. The van der Waals surface area contributed by atoms with E-state index in [1.54, 1.807) is 30.9 Å². The standard InChI is InChI=1S/C14H16N2O4S/c1-14(2)13(20)15-7-8-16(14)12(19)10-5-3-9(21-10)4-6-11(17)18/h3-6H,7-8H2,1-2H3,(H,15,20)(H,17,18). The van der Waals surface area contributed by atoms with Crippen LogP contribution in [0.3, 0.4) is 0 Å². The molecule has 0 atom stereocenters. The molecule has 1 aliphatic heterocycles. The fourth-order valence-electron chi connectivity index (χ4n) is 2.10. The van der Waals surface area contributed by atoms with Gasteiger partial charge in [-0.15, -0.1) is 11.3 Å². The van der Waals surface area contributed by atoms with Crippen LogP contribution in [-0.2, 0) is 9.59 Å². The topological polar surface area (TPSA) is 86.7 Å². The van der Waals surface area contributed by atoms with Gasteiger partial charge in [0.2, 0.25) is 5.91 Å². The Hall–Kier alpha value is -2.15. The van der Waals surface area contributed by atoms with E-state index in [0.29, 0.717) is 22.8 Å². The van der Waals surface area contributed by atoms with E-state index in [2.05, 4.69) is 5.32 Å². The first-order valence-corrected chi connectivity index (χ1v) is 7.25. The number of carboxylic acids is 1. The number of nitrogens with zero attached hydrogens (tertiary/aromatic N) is 1. The monoisotopic (exact) mass is 308 g/mol. The van der Waals surface area contributed by atoms with Crippen LogP contribution < -0.4 is 5.32 Å². The Labute approximate surface area is 126 Å². The summed E-state index contributed by atoms with van der Waals surface area (Å²) in [6, 6.07) is 3.34. The zero-order chi connectivity index (χ0) is 15.6. The third kappa shape index (κ3) is 3.13. The molecule has 1 aromatic rings. The first-order chi connectivity index (χ1) is 9.82.